The maximum atomic E-state index is 11.4. The first-order chi connectivity index (χ1) is 5.59. The summed E-state index contributed by atoms with van der Waals surface area (Å²) < 4.78 is 0. The van der Waals surface area contributed by atoms with E-state index in [1.54, 1.807) is 13.8 Å². The van der Waals surface area contributed by atoms with Crippen molar-refractivity contribution in [2.45, 2.75) is 13.8 Å². The summed E-state index contributed by atoms with van der Waals surface area (Å²) in [4.78, 5) is 24.0. The van der Waals surface area contributed by atoms with Gasteiger partial charge in [0, 0.05) is 24.9 Å². The molecule has 2 atom stereocenters. The fourth-order valence-corrected chi connectivity index (χ4v) is 1.38. The Morgan fingerprint density at radius 2 is 1.67 bits per heavy atom. The Balaban J connectivity index is 2.76. The van der Waals surface area contributed by atoms with Crippen LogP contribution in [0.4, 0.5) is 0 Å². The van der Waals surface area contributed by atoms with Crippen LogP contribution >= 0.6 is 0 Å². The Morgan fingerprint density at radius 3 is 2.00 bits per heavy atom. The summed E-state index contributed by atoms with van der Waals surface area (Å²) in [5.74, 6) is -0.524. The summed E-state index contributed by atoms with van der Waals surface area (Å²) in [7, 11) is 0. The van der Waals surface area contributed by atoms with Crippen LogP contribution in [-0.4, -0.2) is 29.8 Å². The highest BCUT2D eigenvalue weighted by Gasteiger charge is 2.41. The second-order valence-electron chi connectivity index (χ2n) is 3.19. The van der Waals surface area contributed by atoms with E-state index >= 15 is 0 Å². The average molecular weight is 170 g/mol. The van der Waals surface area contributed by atoms with Crippen LogP contribution in [0, 0.1) is 11.8 Å². The van der Waals surface area contributed by atoms with Gasteiger partial charge in [0.2, 0.25) is 11.8 Å². The predicted molar refractivity (Wildman–Crippen MR) is 44.1 cm³/mol. The number of imide groups is 1. The minimum atomic E-state index is -0.177. The maximum absolute atomic E-state index is 11.4. The number of hydrogen-bond acceptors (Lipinski definition) is 3. The van der Waals surface area contributed by atoms with Gasteiger partial charge in [-0.05, 0) is 0 Å². The smallest absolute Gasteiger partial charge is 0.232 e. The number of amides is 2. The molecule has 68 valence electrons. The molecule has 1 saturated heterocycles. The van der Waals surface area contributed by atoms with Crippen LogP contribution in [0.25, 0.3) is 0 Å². The lowest BCUT2D eigenvalue weighted by Crippen LogP contribution is -2.35. The highest BCUT2D eigenvalue weighted by molar-refractivity contribution is 6.04. The van der Waals surface area contributed by atoms with Gasteiger partial charge in [0.25, 0.3) is 0 Å². The summed E-state index contributed by atoms with van der Waals surface area (Å²) in [6.45, 7) is 4.26. The highest BCUT2D eigenvalue weighted by atomic mass is 16.2. The van der Waals surface area contributed by atoms with Crippen molar-refractivity contribution in [1.29, 1.82) is 0 Å². The van der Waals surface area contributed by atoms with Gasteiger partial charge in [-0.25, -0.2) is 0 Å². The fraction of sp³-hybridized carbons (Fsp3) is 0.750. The van der Waals surface area contributed by atoms with Crippen LogP contribution in [0.2, 0.25) is 0 Å². The standard InChI is InChI=1S/C8H14N2O2/c1-5-6(2)8(12)10(4-3-9)7(5)11/h5-6H,3-4,9H2,1-2H3/t5-,6-/m1/s1. The van der Waals surface area contributed by atoms with Gasteiger partial charge in [0.15, 0.2) is 0 Å². The van der Waals surface area contributed by atoms with E-state index in [2.05, 4.69) is 0 Å². The molecular weight excluding hydrogens is 156 g/mol. The highest BCUT2D eigenvalue weighted by Crippen LogP contribution is 2.24. The van der Waals surface area contributed by atoms with Crippen molar-refractivity contribution in [2.24, 2.45) is 17.6 Å². The molecular formula is C8H14N2O2. The van der Waals surface area contributed by atoms with Gasteiger partial charge in [-0.3, -0.25) is 14.5 Å². The molecule has 1 rings (SSSR count). The molecule has 1 aliphatic heterocycles. The Morgan fingerprint density at radius 1 is 1.25 bits per heavy atom. The molecule has 0 saturated carbocycles. The van der Waals surface area contributed by atoms with E-state index in [0.29, 0.717) is 13.1 Å². The number of hydrogen-bond donors (Lipinski definition) is 1. The van der Waals surface area contributed by atoms with Crippen LogP contribution < -0.4 is 5.73 Å². The van der Waals surface area contributed by atoms with Crippen molar-refractivity contribution in [2.75, 3.05) is 13.1 Å². The molecule has 0 aliphatic carbocycles. The molecule has 0 aromatic heterocycles. The zero-order valence-corrected chi connectivity index (χ0v) is 7.41. The van der Waals surface area contributed by atoms with E-state index in [4.69, 9.17) is 5.73 Å². The third-order valence-electron chi connectivity index (χ3n) is 2.41. The molecule has 2 amide bonds. The molecule has 0 aromatic rings. The van der Waals surface area contributed by atoms with Gasteiger partial charge in [0.05, 0.1) is 0 Å². The molecule has 1 fully saturated rings. The quantitative estimate of drug-likeness (QED) is 0.573. The van der Waals surface area contributed by atoms with E-state index in [1.807, 2.05) is 0 Å². The van der Waals surface area contributed by atoms with Crippen LogP contribution in [0.5, 0.6) is 0 Å². The monoisotopic (exact) mass is 170 g/mol. The first-order valence-electron chi connectivity index (χ1n) is 4.15. The molecule has 4 heteroatoms. The van der Waals surface area contributed by atoms with Gasteiger partial charge >= 0.3 is 0 Å². The summed E-state index contributed by atoms with van der Waals surface area (Å²) >= 11 is 0. The van der Waals surface area contributed by atoms with E-state index in [0.717, 1.165) is 0 Å². The molecule has 12 heavy (non-hydrogen) atoms. The van der Waals surface area contributed by atoms with Crippen LogP contribution in [0.15, 0.2) is 0 Å². The van der Waals surface area contributed by atoms with Crippen molar-refractivity contribution in [3.05, 3.63) is 0 Å². The van der Waals surface area contributed by atoms with Crippen LogP contribution in [-0.2, 0) is 9.59 Å². The Labute approximate surface area is 71.7 Å². The van der Waals surface area contributed by atoms with Gasteiger partial charge < -0.3 is 5.73 Å². The Kier molecular flexibility index (Phi) is 2.47. The Hall–Kier alpha value is -0.900. The van der Waals surface area contributed by atoms with Crippen molar-refractivity contribution in [1.82, 2.24) is 4.90 Å². The molecule has 0 spiro atoms. The number of rotatable bonds is 2. The zero-order valence-electron chi connectivity index (χ0n) is 7.41. The van der Waals surface area contributed by atoms with Gasteiger partial charge in [-0.1, -0.05) is 13.8 Å². The number of likely N-dealkylation sites (tertiary alicyclic amines) is 1. The molecule has 0 bridgehead atoms. The first kappa shape index (κ1) is 9.19. The largest absolute Gasteiger partial charge is 0.329 e. The van der Waals surface area contributed by atoms with Crippen molar-refractivity contribution in [3.8, 4) is 0 Å². The van der Waals surface area contributed by atoms with Gasteiger partial charge in [0.1, 0.15) is 0 Å². The number of nitrogens with two attached hydrogens (primary N) is 1. The lowest BCUT2D eigenvalue weighted by atomic mass is 10.00. The fourth-order valence-electron chi connectivity index (χ4n) is 1.38. The SMILES string of the molecule is C[C@H]1C(=O)N(CCN)C(=O)[C@@H]1C. The molecule has 0 aromatic carbocycles. The van der Waals surface area contributed by atoms with Crippen molar-refractivity contribution < 1.29 is 9.59 Å². The average Bonchev–Trinajstić information content (AvgIpc) is 2.23. The number of carbonyl (C=O) groups excluding carboxylic acids is 2. The maximum Gasteiger partial charge on any atom is 0.232 e. The van der Waals surface area contributed by atoms with E-state index in [1.165, 1.54) is 4.90 Å². The topological polar surface area (TPSA) is 63.4 Å². The molecule has 1 aliphatic rings. The molecule has 1 heterocycles. The lowest BCUT2D eigenvalue weighted by Gasteiger charge is -2.11. The van der Waals surface area contributed by atoms with Crippen molar-refractivity contribution in [3.63, 3.8) is 0 Å². The van der Waals surface area contributed by atoms with Crippen molar-refractivity contribution >= 4 is 11.8 Å². The second kappa shape index (κ2) is 3.23. The first-order valence-corrected chi connectivity index (χ1v) is 4.15. The normalized spacial score (nSPS) is 30.1. The van der Waals surface area contributed by atoms with Gasteiger partial charge in [-0.2, -0.15) is 0 Å². The van der Waals surface area contributed by atoms with Gasteiger partial charge in [-0.15, -0.1) is 0 Å². The molecule has 0 unspecified atom stereocenters. The zero-order chi connectivity index (χ0) is 9.30. The lowest BCUT2D eigenvalue weighted by molar-refractivity contribution is -0.139. The Bertz CT molecular complexity index is 195. The number of nitrogens with zero attached hydrogens (tertiary/aromatic N) is 1. The molecule has 0 radical (unpaired) electrons. The summed E-state index contributed by atoms with van der Waals surface area (Å²) in [6.07, 6.45) is 0. The molecule has 4 nitrogen and oxygen atoms in total. The minimum Gasteiger partial charge on any atom is -0.329 e. The summed E-state index contributed by atoms with van der Waals surface area (Å²) in [6, 6.07) is 0. The number of carbonyl (C=O) groups is 2. The minimum absolute atomic E-state index is 0.0852. The summed E-state index contributed by atoms with van der Waals surface area (Å²) in [5.41, 5.74) is 5.28. The molecule has 2 N–H and O–H groups in total. The summed E-state index contributed by atoms with van der Waals surface area (Å²) in [5, 5.41) is 0. The second-order valence-corrected chi connectivity index (χ2v) is 3.19. The third-order valence-corrected chi connectivity index (χ3v) is 2.41. The third kappa shape index (κ3) is 1.22. The van der Waals surface area contributed by atoms with Crippen LogP contribution in [0.1, 0.15) is 13.8 Å². The predicted octanol–water partition coefficient (Wildman–Crippen LogP) is -0.414. The van der Waals surface area contributed by atoms with E-state index in [-0.39, 0.29) is 23.7 Å². The van der Waals surface area contributed by atoms with E-state index in [9.17, 15) is 9.59 Å². The van der Waals surface area contributed by atoms with Crippen LogP contribution in [0.3, 0.4) is 0 Å². The van der Waals surface area contributed by atoms with E-state index < -0.39 is 0 Å².